The van der Waals surface area contributed by atoms with E-state index in [1.165, 1.54) is 0 Å². The average molecular weight is 240 g/mol. The van der Waals surface area contributed by atoms with Gasteiger partial charge in [0, 0.05) is 23.7 Å². The number of carbonyl (C=O) groups is 1. The van der Waals surface area contributed by atoms with Crippen molar-refractivity contribution in [2.75, 3.05) is 6.54 Å². The molecule has 1 unspecified atom stereocenters. The Balaban J connectivity index is 2.12. The molecule has 3 nitrogen and oxygen atoms in total. The molecule has 1 amide bonds. The zero-order valence-corrected chi connectivity index (χ0v) is 9.87. The van der Waals surface area contributed by atoms with E-state index in [0.717, 1.165) is 5.56 Å². The lowest BCUT2D eigenvalue weighted by Crippen LogP contribution is -2.27. The summed E-state index contributed by atoms with van der Waals surface area (Å²) in [5.74, 6) is 0.0122. The van der Waals surface area contributed by atoms with Gasteiger partial charge in [0.05, 0.1) is 6.10 Å². The van der Waals surface area contributed by atoms with Crippen LogP contribution in [0.1, 0.15) is 29.3 Å². The van der Waals surface area contributed by atoms with Crippen molar-refractivity contribution in [3.05, 3.63) is 34.3 Å². The van der Waals surface area contributed by atoms with E-state index in [4.69, 9.17) is 11.6 Å². The number of hydrogen-bond acceptors (Lipinski definition) is 2. The SMILES string of the molecule is CC(O)CCN1Cc2ccc(Cl)cc2C1=O. The molecule has 1 aliphatic heterocycles. The first-order valence-electron chi connectivity index (χ1n) is 5.33. The van der Waals surface area contributed by atoms with Crippen molar-refractivity contribution in [3.8, 4) is 0 Å². The van der Waals surface area contributed by atoms with Crippen molar-refractivity contribution in [1.82, 2.24) is 4.90 Å². The number of carbonyl (C=O) groups excluding carboxylic acids is 1. The second-order valence-corrected chi connectivity index (χ2v) is 4.60. The first-order chi connectivity index (χ1) is 7.58. The molecule has 0 fully saturated rings. The molecular formula is C12H14ClNO2. The van der Waals surface area contributed by atoms with E-state index in [9.17, 15) is 9.90 Å². The summed E-state index contributed by atoms with van der Waals surface area (Å²) in [7, 11) is 0. The second kappa shape index (κ2) is 4.44. The molecule has 0 saturated heterocycles. The summed E-state index contributed by atoms with van der Waals surface area (Å²) >= 11 is 5.85. The van der Waals surface area contributed by atoms with Crippen molar-refractivity contribution in [2.24, 2.45) is 0 Å². The van der Waals surface area contributed by atoms with Crippen LogP contribution in [0.3, 0.4) is 0 Å². The van der Waals surface area contributed by atoms with Crippen molar-refractivity contribution in [2.45, 2.75) is 26.0 Å². The zero-order chi connectivity index (χ0) is 11.7. The largest absolute Gasteiger partial charge is 0.393 e. The van der Waals surface area contributed by atoms with Crippen LogP contribution in [0.2, 0.25) is 5.02 Å². The number of fused-ring (bicyclic) bond motifs is 1. The Labute approximate surface area is 99.6 Å². The van der Waals surface area contributed by atoms with E-state index in [0.29, 0.717) is 30.1 Å². The van der Waals surface area contributed by atoms with Gasteiger partial charge in [0.1, 0.15) is 0 Å². The third-order valence-corrected chi connectivity index (χ3v) is 3.00. The van der Waals surface area contributed by atoms with E-state index in [1.54, 1.807) is 24.0 Å². The molecule has 1 heterocycles. The van der Waals surface area contributed by atoms with E-state index >= 15 is 0 Å². The van der Waals surface area contributed by atoms with E-state index in [-0.39, 0.29) is 12.0 Å². The van der Waals surface area contributed by atoms with Gasteiger partial charge in [-0.15, -0.1) is 0 Å². The van der Waals surface area contributed by atoms with Crippen LogP contribution in [0.4, 0.5) is 0 Å². The van der Waals surface area contributed by atoms with Gasteiger partial charge >= 0.3 is 0 Å². The summed E-state index contributed by atoms with van der Waals surface area (Å²) < 4.78 is 0. The molecule has 1 atom stereocenters. The van der Waals surface area contributed by atoms with Gasteiger partial charge in [0.2, 0.25) is 0 Å². The average Bonchev–Trinajstić information content (AvgIpc) is 2.53. The lowest BCUT2D eigenvalue weighted by Gasteiger charge is -2.16. The molecule has 16 heavy (non-hydrogen) atoms. The van der Waals surface area contributed by atoms with E-state index in [2.05, 4.69) is 0 Å². The maximum absolute atomic E-state index is 11.9. The highest BCUT2D eigenvalue weighted by Gasteiger charge is 2.27. The molecule has 0 radical (unpaired) electrons. The third-order valence-electron chi connectivity index (χ3n) is 2.77. The fraction of sp³-hybridized carbons (Fsp3) is 0.417. The fourth-order valence-corrected chi connectivity index (χ4v) is 2.03. The predicted molar refractivity (Wildman–Crippen MR) is 62.5 cm³/mol. The summed E-state index contributed by atoms with van der Waals surface area (Å²) in [6.45, 7) is 2.94. The maximum atomic E-state index is 11.9. The number of aliphatic hydroxyl groups is 1. The number of halogens is 1. The summed E-state index contributed by atoms with van der Waals surface area (Å²) in [5, 5.41) is 9.79. The molecular weight excluding hydrogens is 226 g/mol. The first-order valence-corrected chi connectivity index (χ1v) is 5.71. The van der Waals surface area contributed by atoms with Crippen molar-refractivity contribution >= 4 is 17.5 Å². The topological polar surface area (TPSA) is 40.5 Å². The molecule has 0 aromatic heterocycles. The number of nitrogens with zero attached hydrogens (tertiary/aromatic N) is 1. The minimum absolute atomic E-state index is 0.0122. The zero-order valence-electron chi connectivity index (χ0n) is 9.11. The summed E-state index contributed by atoms with van der Waals surface area (Å²) in [5.41, 5.74) is 1.71. The Bertz CT molecular complexity index is 417. The van der Waals surface area contributed by atoms with E-state index in [1.807, 2.05) is 6.07 Å². The number of amides is 1. The van der Waals surface area contributed by atoms with Gasteiger partial charge in [-0.2, -0.15) is 0 Å². The predicted octanol–water partition coefficient (Wildman–Crippen LogP) is 2.07. The molecule has 0 saturated carbocycles. The summed E-state index contributed by atoms with van der Waals surface area (Å²) in [4.78, 5) is 13.7. The van der Waals surface area contributed by atoms with Crippen LogP contribution >= 0.6 is 11.6 Å². The Hall–Kier alpha value is -1.06. The standard InChI is InChI=1S/C12H14ClNO2/c1-8(15)4-5-14-7-9-2-3-10(13)6-11(9)12(14)16/h2-3,6,8,15H,4-5,7H2,1H3. The quantitative estimate of drug-likeness (QED) is 0.877. The molecule has 0 spiro atoms. The van der Waals surface area contributed by atoms with Gasteiger partial charge in [-0.05, 0) is 31.0 Å². The Morgan fingerprint density at radius 3 is 3.00 bits per heavy atom. The van der Waals surface area contributed by atoms with E-state index < -0.39 is 0 Å². The molecule has 86 valence electrons. The maximum Gasteiger partial charge on any atom is 0.254 e. The highest BCUT2D eigenvalue weighted by Crippen LogP contribution is 2.25. The Morgan fingerprint density at radius 2 is 2.31 bits per heavy atom. The molecule has 0 bridgehead atoms. The number of rotatable bonds is 3. The molecule has 1 aromatic carbocycles. The highest BCUT2D eigenvalue weighted by molar-refractivity contribution is 6.31. The van der Waals surface area contributed by atoms with Crippen LogP contribution < -0.4 is 0 Å². The molecule has 4 heteroatoms. The van der Waals surface area contributed by atoms with Crippen LogP contribution in [-0.4, -0.2) is 28.6 Å². The number of aliphatic hydroxyl groups excluding tert-OH is 1. The fourth-order valence-electron chi connectivity index (χ4n) is 1.86. The van der Waals surface area contributed by atoms with Gasteiger partial charge in [-0.1, -0.05) is 17.7 Å². The lowest BCUT2D eigenvalue weighted by atomic mass is 10.1. The van der Waals surface area contributed by atoms with Crippen LogP contribution in [-0.2, 0) is 6.54 Å². The van der Waals surface area contributed by atoms with Crippen LogP contribution in [0.5, 0.6) is 0 Å². The molecule has 0 aliphatic carbocycles. The monoisotopic (exact) mass is 239 g/mol. The molecule has 1 N–H and O–H groups in total. The second-order valence-electron chi connectivity index (χ2n) is 4.17. The van der Waals surface area contributed by atoms with Gasteiger partial charge in [-0.25, -0.2) is 0 Å². The van der Waals surface area contributed by atoms with Crippen LogP contribution in [0.25, 0.3) is 0 Å². The summed E-state index contributed by atoms with van der Waals surface area (Å²) in [6.07, 6.45) is 0.230. The van der Waals surface area contributed by atoms with Crippen LogP contribution in [0.15, 0.2) is 18.2 Å². The van der Waals surface area contributed by atoms with Crippen molar-refractivity contribution in [1.29, 1.82) is 0 Å². The Kier molecular flexibility index (Phi) is 3.17. The van der Waals surface area contributed by atoms with Crippen molar-refractivity contribution in [3.63, 3.8) is 0 Å². The van der Waals surface area contributed by atoms with Crippen molar-refractivity contribution < 1.29 is 9.90 Å². The minimum Gasteiger partial charge on any atom is -0.393 e. The lowest BCUT2D eigenvalue weighted by molar-refractivity contribution is 0.0748. The van der Waals surface area contributed by atoms with Gasteiger partial charge in [0.15, 0.2) is 0 Å². The van der Waals surface area contributed by atoms with Gasteiger partial charge < -0.3 is 10.0 Å². The number of benzene rings is 1. The molecule has 2 rings (SSSR count). The van der Waals surface area contributed by atoms with Gasteiger partial charge in [0.25, 0.3) is 5.91 Å². The third kappa shape index (κ3) is 2.20. The minimum atomic E-state index is -0.375. The normalized spacial score (nSPS) is 16.4. The Morgan fingerprint density at radius 1 is 1.56 bits per heavy atom. The highest BCUT2D eigenvalue weighted by atomic mass is 35.5. The molecule has 1 aliphatic rings. The summed E-state index contributed by atoms with van der Waals surface area (Å²) in [6, 6.07) is 5.39. The first kappa shape index (κ1) is 11.4. The molecule has 1 aromatic rings. The van der Waals surface area contributed by atoms with Gasteiger partial charge in [-0.3, -0.25) is 4.79 Å². The number of hydrogen-bond donors (Lipinski definition) is 1. The smallest absolute Gasteiger partial charge is 0.254 e. The van der Waals surface area contributed by atoms with Crippen LogP contribution in [0, 0.1) is 0 Å².